The van der Waals surface area contributed by atoms with E-state index in [1.807, 2.05) is 41.5 Å². The molecule has 0 amide bonds. The van der Waals surface area contributed by atoms with E-state index >= 15 is 0 Å². The molecular formula is C15H25NO3S. The predicted molar refractivity (Wildman–Crippen MR) is 81.6 cm³/mol. The lowest BCUT2D eigenvalue weighted by atomic mass is 9.95. The summed E-state index contributed by atoms with van der Waals surface area (Å²) in [6.45, 7) is 11.2. The fourth-order valence-electron chi connectivity index (χ4n) is 2.40. The van der Waals surface area contributed by atoms with Crippen LogP contribution in [0.2, 0.25) is 0 Å². The van der Waals surface area contributed by atoms with Gasteiger partial charge >= 0.3 is 0 Å². The third-order valence-corrected chi connectivity index (χ3v) is 6.03. The molecule has 0 spiro atoms. The molecule has 0 saturated carbocycles. The van der Waals surface area contributed by atoms with Crippen LogP contribution in [0.25, 0.3) is 0 Å². The van der Waals surface area contributed by atoms with Gasteiger partial charge in [-0.2, -0.15) is 0 Å². The van der Waals surface area contributed by atoms with Crippen molar-refractivity contribution in [3.05, 3.63) is 27.8 Å². The summed E-state index contributed by atoms with van der Waals surface area (Å²) in [5, 5.41) is 9.20. The van der Waals surface area contributed by atoms with Gasteiger partial charge in [-0.3, -0.25) is 0 Å². The van der Waals surface area contributed by atoms with Crippen LogP contribution in [0.4, 0.5) is 0 Å². The molecule has 0 bridgehead atoms. The summed E-state index contributed by atoms with van der Waals surface area (Å²) < 4.78 is 27.8. The summed E-state index contributed by atoms with van der Waals surface area (Å²) in [7, 11) is -3.62. The van der Waals surface area contributed by atoms with Crippen molar-refractivity contribution in [2.75, 3.05) is 6.61 Å². The molecule has 1 atom stereocenters. The first-order chi connectivity index (χ1) is 9.17. The Morgan fingerprint density at radius 1 is 0.950 bits per heavy atom. The van der Waals surface area contributed by atoms with E-state index in [1.54, 1.807) is 0 Å². The third-order valence-electron chi connectivity index (χ3n) is 4.23. The smallest absolute Gasteiger partial charge is 0.241 e. The average molecular weight is 299 g/mol. The molecule has 0 aliphatic carbocycles. The van der Waals surface area contributed by atoms with E-state index in [4.69, 9.17) is 0 Å². The number of benzene rings is 1. The zero-order chi connectivity index (χ0) is 15.7. The fourth-order valence-corrected chi connectivity index (χ4v) is 4.31. The van der Waals surface area contributed by atoms with Crippen LogP contribution in [0.3, 0.4) is 0 Å². The third kappa shape index (κ3) is 3.05. The van der Waals surface area contributed by atoms with E-state index < -0.39 is 16.1 Å². The van der Waals surface area contributed by atoms with Crippen molar-refractivity contribution in [3.8, 4) is 0 Å². The van der Waals surface area contributed by atoms with Crippen LogP contribution in [-0.2, 0) is 10.0 Å². The van der Waals surface area contributed by atoms with Gasteiger partial charge in [0.1, 0.15) is 0 Å². The molecular weight excluding hydrogens is 274 g/mol. The molecule has 5 heteroatoms. The van der Waals surface area contributed by atoms with Crippen molar-refractivity contribution in [2.24, 2.45) is 0 Å². The second kappa shape index (κ2) is 6.24. The van der Waals surface area contributed by atoms with E-state index in [0.717, 1.165) is 27.8 Å². The van der Waals surface area contributed by atoms with Crippen LogP contribution in [0, 0.1) is 34.6 Å². The summed E-state index contributed by atoms with van der Waals surface area (Å²) in [6.07, 6.45) is 0.553. The Hall–Kier alpha value is -0.910. The maximum atomic E-state index is 12.6. The maximum Gasteiger partial charge on any atom is 0.241 e. The van der Waals surface area contributed by atoms with E-state index in [2.05, 4.69) is 4.72 Å². The molecule has 1 aromatic rings. The topological polar surface area (TPSA) is 66.4 Å². The Kier molecular flexibility index (Phi) is 5.35. The summed E-state index contributed by atoms with van der Waals surface area (Å²) >= 11 is 0. The highest BCUT2D eigenvalue weighted by Gasteiger charge is 2.25. The van der Waals surface area contributed by atoms with Crippen LogP contribution < -0.4 is 4.72 Å². The summed E-state index contributed by atoms with van der Waals surface area (Å²) in [6, 6.07) is -0.444. The molecule has 1 aromatic carbocycles. The highest BCUT2D eigenvalue weighted by atomic mass is 32.2. The van der Waals surface area contributed by atoms with Gasteiger partial charge in [-0.1, -0.05) is 6.92 Å². The second-order valence-electron chi connectivity index (χ2n) is 5.36. The van der Waals surface area contributed by atoms with Crippen LogP contribution in [0.5, 0.6) is 0 Å². The predicted octanol–water partition coefficient (Wildman–Crippen LogP) is 2.28. The highest BCUT2D eigenvalue weighted by molar-refractivity contribution is 7.89. The molecule has 114 valence electrons. The minimum Gasteiger partial charge on any atom is -0.395 e. The van der Waals surface area contributed by atoms with Crippen molar-refractivity contribution in [1.29, 1.82) is 0 Å². The van der Waals surface area contributed by atoms with Crippen LogP contribution >= 0.6 is 0 Å². The van der Waals surface area contributed by atoms with E-state index in [1.165, 1.54) is 0 Å². The zero-order valence-corrected chi connectivity index (χ0v) is 14.0. The fraction of sp³-hybridized carbons (Fsp3) is 0.600. The van der Waals surface area contributed by atoms with Gasteiger partial charge in [0.05, 0.1) is 11.5 Å². The Bertz CT molecular complexity index is 573. The molecule has 0 fully saturated rings. The lowest BCUT2D eigenvalue weighted by Crippen LogP contribution is -2.37. The maximum absolute atomic E-state index is 12.6. The Labute approximate surface area is 122 Å². The van der Waals surface area contributed by atoms with Crippen LogP contribution in [0.15, 0.2) is 4.90 Å². The van der Waals surface area contributed by atoms with Crippen LogP contribution in [0.1, 0.15) is 41.2 Å². The molecule has 0 aliphatic heterocycles. The molecule has 4 nitrogen and oxygen atoms in total. The molecule has 20 heavy (non-hydrogen) atoms. The SMILES string of the molecule is CCC(CO)NS(=O)(=O)c1c(C)c(C)c(C)c(C)c1C. The molecule has 0 saturated heterocycles. The number of rotatable bonds is 5. The van der Waals surface area contributed by atoms with E-state index in [0.29, 0.717) is 11.3 Å². The van der Waals surface area contributed by atoms with Crippen molar-refractivity contribution in [3.63, 3.8) is 0 Å². The number of sulfonamides is 1. The largest absolute Gasteiger partial charge is 0.395 e. The molecule has 2 N–H and O–H groups in total. The molecule has 0 aliphatic rings. The normalized spacial score (nSPS) is 13.6. The first-order valence-corrected chi connectivity index (χ1v) is 8.35. The standard InChI is InChI=1S/C15H25NO3S/c1-7-14(8-17)16-20(18,19)15-12(5)10(3)9(2)11(4)13(15)6/h14,16-17H,7-8H2,1-6H3. The second-order valence-corrected chi connectivity index (χ2v) is 7.01. The summed E-state index contributed by atoms with van der Waals surface area (Å²) in [4.78, 5) is 0.352. The van der Waals surface area contributed by atoms with E-state index in [-0.39, 0.29) is 6.61 Å². The van der Waals surface area contributed by atoms with Gasteiger partial charge in [-0.15, -0.1) is 0 Å². The number of aliphatic hydroxyl groups excluding tert-OH is 1. The van der Waals surface area contributed by atoms with Gasteiger partial charge in [0, 0.05) is 6.04 Å². The Balaban J connectivity index is 3.47. The number of aliphatic hydroxyl groups is 1. The molecule has 0 heterocycles. The first-order valence-electron chi connectivity index (χ1n) is 6.87. The van der Waals surface area contributed by atoms with Crippen molar-refractivity contribution in [1.82, 2.24) is 4.72 Å². The molecule has 0 aromatic heterocycles. The quantitative estimate of drug-likeness (QED) is 0.876. The van der Waals surface area contributed by atoms with Gasteiger partial charge < -0.3 is 5.11 Å². The highest BCUT2D eigenvalue weighted by Crippen LogP contribution is 2.29. The van der Waals surface area contributed by atoms with Crippen molar-refractivity contribution < 1.29 is 13.5 Å². The molecule has 1 unspecified atom stereocenters. The number of nitrogens with one attached hydrogen (secondary N) is 1. The lowest BCUT2D eigenvalue weighted by Gasteiger charge is -2.21. The monoisotopic (exact) mass is 299 g/mol. The molecule has 0 radical (unpaired) electrons. The summed E-state index contributed by atoms with van der Waals surface area (Å²) in [5.74, 6) is 0. The minimum absolute atomic E-state index is 0.197. The van der Waals surface area contributed by atoms with Gasteiger partial charge in [-0.25, -0.2) is 13.1 Å². The van der Waals surface area contributed by atoms with Gasteiger partial charge in [0.25, 0.3) is 0 Å². The Morgan fingerprint density at radius 2 is 1.35 bits per heavy atom. The van der Waals surface area contributed by atoms with Gasteiger partial charge in [-0.05, 0) is 68.9 Å². The Morgan fingerprint density at radius 3 is 1.70 bits per heavy atom. The number of hydrogen-bond donors (Lipinski definition) is 2. The molecule has 1 rings (SSSR count). The zero-order valence-electron chi connectivity index (χ0n) is 13.2. The van der Waals surface area contributed by atoms with Gasteiger partial charge in [0.15, 0.2) is 0 Å². The summed E-state index contributed by atoms with van der Waals surface area (Å²) in [5.41, 5.74) is 4.71. The van der Waals surface area contributed by atoms with Crippen LogP contribution in [-0.4, -0.2) is 26.2 Å². The van der Waals surface area contributed by atoms with Crippen molar-refractivity contribution >= 4 is 10.0 Å². The minimum atomic E-state index is -3.62. The van der Waals surface area contributed by atoms with E-state index in [9.17, 15) is 13.5 Å². The lowest BCUT2D eigenvalue weighted by molar-refractivity contribution is 0.254. The van der Waals surface area contributed by atoms with Crippen molar-refractivity contribution in [2.45, 2.75) is 58.9 Å². The van der Waals surface area contributed by atoms with Gasteiger partial charge in [0.2, 0.25) is 10.0 Å². The first kappa shape index (κ1) is 17.1. The number of hydrogen-bond acceptors (Lipinski definition) is 3. The average Bonchev–Trinajstić information content (AvgIpc) is 2.40.